The van der Waals surface area contributed by atoms with Crippen molar-refractivity contribution in [1.29, 1.82) is 0 Å². The highest BCUT2D eigenvalue weighted by Gasteiger charge is 2.30. The number of carbonyl (C=O) groups is 6. The largest absolute Gasteiger partial charge is 0.479 e. The Morgan fingerprint density at radius 3 is 1.61 bits per heavy atom. The molecule has 1 N–H and O–H groups in total. The lowest BCUT2D eigenvalue weighted by Gasteiger charge is -2.09. The van der Waals surface area contributed by atoms with Gasteiger partial charge in [0, 0.05) is 16.7 Å². The zero-order valence-corrected chi connectivity index (χ0v) is 23.1. The Morgan fingerprint density at radius 2 is 1.22 bits per heavy atom. The first-order valence-corrected chi connectivity index (χ1v) is 11.3. The van der Waals surface area contributed by atoms with Crippen LogP contribution in [0.4, 0.5) is 13.2 Å². The van der Waals surface area contributed by atoms with Gasteiger partial charge in [-0.1, -0.05) is 31.9 Å². The Hall–Kier alpha value is -4.46. The molecule has 15 heteroatoms. The highest BCUT2D eigenvalue weighted by molar-refractivity contribution is 6.64. The Labute approximate surface area is 238 Å². The van der Waals surface area contributed by atoms with Crippen molar-refractivity contribution in [2.45, 2.75) is 33.6 Å². The van der Waals surface area contributed by atoms with Crippen LogP contribution in [0.15, 0.2) is 60.7 Å². The fourth-order valence-corrected chi connectivity index (χ4v) is 1.84. The van der Waals surface area contributed by atoms with Gasteiger partial charge < -0.3 is 24.1 Å². The summed E-state index contributed by atoms with van der Waals surface area (Å²) in [5.41, 5.74) is -0.0750. The van der Waals surface area contributed by atoms with Crippen LogP contribution >= 0.6 is 11.6 Å². The minimum absolute atomic E-state index is 0.126. The summed E-state index contributed by atoms with van der Waals surface area (Å²) in [6.07, 6.45) is -4.46. The van der Waals surface area contributed by atoms with Crippen LogP contribution in [0.1, 0.15) is 31.9 Å². The molecule has 11 nitrogen and oxygen atoms in total. The predicted molar refractivity (Wildman–Crippen MR) is 137 cm³/mol. The Kier molecular flexibility index (Phi) is 18.5. The standard InChI is InChI=1S/C14H13F3O4.C6H7ClO3.C6H8O4/c1-9(2)13(19)21-8-12(18)20-7-10-4-3-5-11(6-10)14(15,16)17;2*1-4(2)6(9)10-3-5(7)8/h3-6H,1,7-8H2,2H3;1,3H2,2H3;1,3H2,2H3,(H,7,8). The van der Waals surface area contributed by atoms with Crippen LogP contribution in [0.5, 0.6) is 0 Å². The summed E-state index contributed by atoms with van der Waals surface area (Å²) in [6, 6.07) is 4.41. The topological polar surface area (TPSA) is 160 Å². The second-order valence-corrected chi connectivity index (χ2v) is 8.10. The molecule has 0 radical (unpaired) electrons. The second-order valence-electron chi connectivity index (χ2n) is 7.68. The third-order valence-corrected chi connectivity index (χ3v) is 3.77. The number of carboxylic acid groups (broad SMARTS) is 1. The van der Waals surface area contributed by atoms with Crippen LogP contribution in [-0.4, -0.2) is 60.0 Å². The molecule has 0 aromatic heterocycles. The number of carboxylic acids is 1. The molecule has 0 aliphatic rings. The maximum absolute atomic E-state index is 12.5. The first-order valence-electron chi connectivity index (χ1n) is 11.0. The molecule has 0 aliphatic carbocycles. The summed E-state index contributed by atoms with van der Waals surface area (Å²) in [4.78, 5) is 63.1. The van der Waals surface area contributed by atoms with Gasteiger partial charge in [0.05, 0.1) is 5.56 Å². The third-order valence-electron chi connectivity index (χ3n) is 3.66. The minimum Gasteiger partial charge on any atom is -0.479 e. The van der Waals surface area contributed by atoms with Gasteiger partial charge in [-0.05, 0) is 50.1 Å². The number of hydrogen-bond donors (Lipinski definition) is 1. The summed E-state index contributed by atoms with van der Waals surface area (Å²) in [7, 11) is 0. The van der Waals surface area contributed by atoms with Gasteiger partial charge in [0.15, 0.2) is 19.8 Å². The van der Waals surface area contributed by atoms with Gasteiger partial charge in [-0.25, -0.2) is 24.0 Å². The van der Waals surface area contributed by atoms with Crippen LogP contribution in [0.3, 0.4) is 0 Å². The van der Waals surface area contributed by atoms with Gasteiger partial charge in [0.25, 0.3) is 5.24 Å². The number of benzene rings is 1. The van der Waals surface area contributed by atoms with Crippen LogP contribution in [0, 0.1) is 0 Å². The molecule has 0 heterocycles. The van der Waals surface area contributed by atoms with E-state index in [0.717, 1.165) is 12.1 Å². The van der Waals surface area contributed by atoms with Crippen molar-refractivity contribution in [2.75, 3.05) is 19.8 Å². The van der Waals surface area contributed by atoms with Crippen molar-refractivity contribution in [2.24, 2.45) is 0 Å². The molecule has 1 aromatic rings. The normalized spacial score (nSPS) is 9.73. The third kappa shape index (κ3) is 21.1. The van der Waals surface area contributed by atoms with Gasteiger partial charge in [-0.2, -0.15) is 13.2 Å². The maximum atomic E-state index is 12.5. The lowest BCUT2D eigenvalue weighted by Crippen LogP contribution is -2.16. The van der Waals surface area contributed by atoms with Crippen molar-refractivity contribution >= 4 is 46.7 Å². The first-order chi connectivity index (χ1) is 18.8. The molecule has 226 valence electrons. The average Bonchev–Trinajstić information content (AvgIpc) is 2.87. The molecule has 0 unspecified atom stereocenters. The molecule has 0 atom stereocenters. The summed E-state index contributed by atoms with van der Waals surface area (Å²) < 4.78 is 55.3. The molecule has 0 saturated heterocycles. The van der Waals surface area contributed by atoms with Crippen molar-refractivity contribution in [3.63, 3.8) is 0 Å². The quantitative estimate of drug-likeness (QED) is 0.168. The zero-order chi connectivity index (χ0) is 32.3. The first kappa shape index (κ1) is 38.7. The number of esters is 4. The summed E-state index contributed by atoms with van der Waals surface area (Å²) in [6.45, 7) is 12.3. The van der Waals surface area contributed by atoms with E-state index in [1.807, 2.05) is 0 Å². The highest BCUT2D eigenvalue weighted by atomic mass is 35.5. The van der Waals surface area contributed by atoms with E-state index in [1.54, 1.807) is 0 Å². The monoisotopic (exact) mass is 608 g/mol. The lowest BCUT2D eigenvalue weighted by molar-refractivity contribution is -0.157. The second kappa shape index (κ2) is 19.6. The number of halogens is 4. The van der Waals surface area contributed by atoms with E-state index in [4.69, 9.17) is 21.4 Å². The SMILES string of the molecule is C=C(C)C(=O)OCC(=O)Cl.C=C(C)C(=O)OCC(=O)O.C=C(C)C(=O)OCC(=O)OCc1cccc(C(F)(F)F)c1. The molecule has 0 saturated carbocycles. The molecular formula is C26H28ClF3O11. The fraction of sp³-hybridized carbons (Fsp3) is 0.308. The molecule has 1 aromatic carbocycles. The molecular weight excluding hydrogens is 581 g/mol. The van der Waals surface area contributed by atoms with Crippen LogP contribution in [0.2, 0.25) is 0 Å². The van der Waals surface area contributed by atoms with E-state index in [1.165, 1.54) is 32.9 Å². The molecule has 1 rings (SSSR count). The number of alkyl halides is 3. The molecule has 0 fully saturated rings. The van der Waals surface area contributed by atoms with Gasteiger partial charge in [0.2, 0.25) is 0 Å². The van der Waals surface area contributed by atoms with E-state index in [0.29, 0.717) is 0 Å². The van der Waals surface area contributed by atoms with Gasteiger partial charge in [0.1, 0.15) is 6.61 Å². The number of hydrogen-bond acceptors (Lipinski definition) is 10. The number of aliphatic carboxylic acids is 1. The smallest absolute Gasteiger partial charge is 0.416 e. The van der Waals surface area contributed by atoms with Gasteiger partial charge in [-0.3, -0.25) is 4.79 Å². The Morgan fingerprint density at radius 1 is 0.780 bits per heavy atom. The zero-order valence-electron chi connectivity index (χ0n) is 22.3. The van der Waals surface area contributed by atoms with E-state index in [-0.39, 0.29) is 28.9 Å². The molecule has 0 aliphatic heterocycles. The number of carbonyl (C=O) groups excluding carboxylic acids is 5. The number of rotatable bonds is 11. The average molecular weight is 609 g/mol. The van der Waals surface area contributed by atoms with E-state index in [2.05, 4.69) is 33.9 Å². The molecule has 0 amide bonds. The minimum atomic E-state index is -4.46. The predicted octanol–water partition coefficient (Wildman–Crippen LogP) is 3.93. The van der Waals surface area contributed by atoms with Gasteiger partial charge >= 0.3 is 36.0 Å². The summed E-state index contributed by atoms with van der Waals surface area (Å²) in [5.74, 6) is -4.06. The summed E-state index contributed by atoms with van der Waals surface area (Å²) >= 11 is 4.88. The van der Waals surface area contributed by atoms with E-state index in [9.17, 15) is 41.9 Å². The maximum Gasteiger partial charge on any atom is 0.416 e. The molecule has 0 bridgehead atoms. The van der Waals surface area contributed by atoms with E-state index < -0.39 is 66.6 Å². The van der Waals surface area contributed by atoms with Crippen molar-refractivity contribution in [1.82, 2.24) is 0 Å². The highest BCUT2D eigenvalue weighted by Crippen LogP contribution is 2.29. The van der Waals surface area contributed by atoms with Crippen LogP contribution in [0.25, 0.3) is 0 Å². The van der Waals surface area contributed by atoms with Crippen molar-refractivity contribution in [3.8, 4) is 0 Å². The summed E-state index contributed by atoms with van der Waals surface area (Å²) in [5, 5.41) is 7.34. The fourth-order valence-electron chi connectivity index (χ4n) is 1.79. The lowest BCUT2D eigenvalue weighted by atomic mass is 10.1. The molecule has 41 heavy (non-hydrogen) atoms. The van der Waals surface area contributed by atoms with Crippen molar-refractivity contribution in [3.05, 3.63) is 71.8 Å². The van der Waals surface area contributed by atoms with E-state index >= 15 is 0 Å². The Bertz CT molecular complexity index is 1120. The van der Waals surface area contributed by atoms with Crippen LogP contribution in [-0.2, 0) is 60.5 Å². The van der Waals surface area contributed by atoms with Crippen molar-refractivity contribution < 1.29 is 66.0 Å². The van der Waals surface area contributed by atoms with Gasteiger partial charge in [-0.15, -0.1) is 0 Å². The Balaban J connectivity index is 0. The van der Waals surface area contributed by atoms with Crippen LogP contribution < -0.4 is 0 Å². The molecule has 0 spiro atoms. The number of ether oxygens (including phenoxy) is 4.